The van der Waals surface area contributed by atoms with E-state index in [1.54, 1.807) is 18.0 Å². The van der Waals surface area contributed by atoms with Crippen molar-refractivity contribution in [2.45, 2.75) is 32.6 Å². The molecule has 1 N–H and O–H groups in total. The highest BCUT2D eigenvalue weighted by Crippen LogP contribution is 2.42. The molecule has 0 saturated carbocycles. The Hall–Kier alpha value is -4.27. The van der Waals surface area contributed by atoms with E-state index in [4.69, 9.17) is 14.6 Å². The summed E-state index contributed by atoms with van der Waals surface area (Å²) in [6, 6.07) is 15.4. The van der Waals surface area contributed by atoms with Gasteiger partial charge in [-0.25, -0.2) is 4.98 Å². The Morgan fingerprint density at radius 3 is 2.71 bits per heavy atom. The van der Waals surface area contributed by atoms with Gasteiger partial charge in [-0.15, -0.1) is 5.10 Å². The van der Waals surface area contributed by atoms with Crippen LogP contribution < -0.4 is 14.8 Å². The molecule has 1 amide bonds. The zero-order valence-corrected chi connectivity index (χ0v) is 19.9. The lowest BCUT2D eigenvalue weighted by atomic mass is 9.85. The number of hydrogen-bond donors (Lipinski definition) is 1. The number of methoxy groups -OCH3 is 1. The van der Waals surface area contributed by atoms with E-state index in [1.165, 1.54) is 0 Å². The molecule has 0 unspecified atom stereocenters. The summed E-state index contributed by atoms with van der Waals surface area (Å²) in [5.74, 6) is 2.07. The Labute approximate surface area is 203 Å². The third-order valence-corrected chi connectivity index (χ3v) is 5.98. The predicted molar refractivity (Wildman–Crippen MR) is 131 cm³/mol. The summed E-state index contributed by atoms with van der Waals surface area (Å²) in [7, 11) is 1.62. The normalized spacial score (nSPS) is 14.8. The number of aryl methyl sites for hydroxylation is 1. The van der Waals surface area contributed by atoms with Crippen LogP contribution in [0.1, 0.15) is 42.5 Å². The first kappa shape index (κ1) is 22.5. The molecule has 0 radical (unpaired) electrons. The Morgan fingerprint density at radius 2 is 1.94 bits per heavy atom. The minimum Gasteiger partial charge on any atom is -0.497 e. The monoisotopic (exact) mass is 470 g/mol. The van der Waals surface area contributed by atoms with Crippen LogP contribution in [0.15, 0.2) is 54.7 Å². The van der Waals surface area contributed by atoms with E-state index < -0.39 is 0 Å². The minimum absolute atomic E-state index is 0.104. The Morgan fingerprint density at radius 1 is 1.14 bits per heavy atom. The molecule has 1 aliphatic rings. The smallest absolute Gasteiger partial charge is 0.272 e. The average Bonchev–Trinajstić information content (AvgIpc) is 3.23. The first-order valence-corrected chi connectivity index (χ1v) is 11.5. The molecule has 35 heavy (non-hydrogen) atoms. The maximum Gasteiger partial charge on any atom is 0.272 e. The number of benzene rings is 2. The van der Waals surface area contributed by atoms with E-state index in [0.717, 1.165) is 40.3 Å². The molecule has 2 aromatic carbocycles. The SMILES string of the molecule is CCCOc1ccccc1[C@@H]1CC(=O)Nc2c1c(C)nn2-c1nncc(-c2ccc(OC)cc2)n1. The summed E-state index contributed by atoms with van der Waals surface area (Å²) in [5.41, 5.74) is 4.18. The van der Waals surface area contributed by atoms with Gasteiger partial charge in [0, 0.05) is 29.0 Å². The van der Waals surface area contributed by atoms with Crippen LogP contribution in [0.3, 0.4) is 0 Å². The number of carbonyl (C=O) groups is 1. The van der Waals surface area contributed by atoms with Crippen molar-refractivity contribution in [3.05, 3.63) is 71.5 Å². The molecule has 0 bridgehead atoms. The summed E-state index contributed by atoms with van der Waals surface area (Å²) in [4.78, 5) is 17.5. The predicted octanol–water partition coefficient (Wildman–Crippen LogP) is 4.30. The third-order valence-electron chi connectivity index (χ3n) is 5.98. The standard InChI is InChI=1S/C26H26N6O3/c1-4-13-35-22-8-6-5-7-19(22)20-14-23(33)29-25-24(20)16(2)31-32(25)26-28-21(15-27-30-26)17-9-11-18(34-3)12-10-17/h5-12,15,20H,4,13-14H2,1-3H3,(H,29,33)/t20-/m0/s1. The van der Waals surface area contributed by atoms with Gasteiger partial charge in [-0.1, -0.05) is 25.1 Å². The number of nitrogens with zero attached hydrogens (tertiary/aromatic N) is 5. The van der Waals surface area contributed by atoms with E-state index in [-0.39, 0.29) is 17.8 Å². The average molecular weight is 471 g/mol. The Kier molecular flexibility index (Phi) is 6.13. The van der Waals surface area contributed by atoms with E-state index in [2.05, 4.69) is 27.4 Å². The van der Waals surface area contributed by atoms with Crippen LogP contribution in [0, 0.1) is 6.92 Å². The van der Waals surface area contributed by atoms with Gasteiger partial charge in [0.15, 0.2) is 0 Å². The minimum atomic E-state index is -0.196. The van der Waals surface area contributed by atoms with Crippen LogP contribution in [0.2, 0.25) is 0 Å². The van der Waals surface area contributed by atoms with Gasteiger partial charge in [0.1, 0.15) is 17.3 Å². The molecule has 2 aromatic heterocycles. The molecule has 3 heterocycles. The van der Waals surface area contributed by atoms with Crippen LogP contribution in [-0.4, -0.2) is 44.6 Å². The molecule has 0 spiro atoms. The van der Waals surface area contributed by atoms with Crippen molar-refractivity contribution in [1.29, 1.82) is 0 Å². The van der Waals surface area contributed by atoms with Gasteiger partial charge >= 0.3 is 0 Å². The summed E-state index contributed by atoms with van der Waals surface area (Å²) >= 11 is 0. The van der Waals surface area contributed by atoms with Crippen molar-refractivity contribution < 1.29 is 14.3 Å². The number of ether oxygens (including phenoxy) is 2. The van der Waals surface area contributed by atoms with Crippen molar-refractivity contribution in [2.75, 3.05) is 19.0 Å². The lowest BCUT2D eigenvalue weighted by Gasteiger charge is -2.25. The number of amides is 1. The van der Waals surface area contributed by atoms with E-state index in [1.807, 2.05) is 55.5 Å². The van der Waals surface area contributed by atoms with Crippen molar-refractivity contribution in [2.24, 2.45) is 0 Å². The fraction of sp³-hybridized carbons (Fsp3) is 0.269. The maximum absolute atomic E-state index is 12.8. The summed E-state index contributed by atoms with van der Waals surface area (Å²) < 4.78 is 12.8. The van der Waals surface area contributed by atoms with Crippen LogP contribution in [0.5, 0.6) is 11.5 Å². The number of anilines is 1. The van der Waals surface area contributed by atoms with Crippen molar-refractivity contribution in [3.8, 4) is 28.7 Å². The van der Waals surface area contributed by atoms with Gasteiger partial charge < -0.3 is 14.8 Å². The van der Waals surface area contributed by atoms with Gasteiger partial charge in [-0.05, 0) is 43.7 Å². The second-order valence-electron chi connectivity index (χ2n) is 8.32. The first-order chi connectivity index (χ1) is 17.1. The number of hydrogen-bond acceptors (Lipinski definition) is 7. The summed E-state index contributed by atoms with van der Waals surface area (Å²) in [6.45, 7) is 4.60. The lowest BCUT2D eigenvalue weighted by Crippen LogP contribution is -2.25. The highest BCUT2D eigenvalue weighted by molar-refractivity contribution is 5.95. The van der Waals surface area contributed by atoms with E-state index in [9.17, 15) is 4.79 Å². The summed E-state index contributed by atoms with van der Waals surface area (Å²) in [6.07, 6.45) is 2.80. The molecule has 5 rings (SSSR count). The molecule has 9 heteroatoms. The highest BCUT2D eigenvalue weighted by atomic mass is 16.5. The first-order valence-electron chi connectivity index (χ1n) is 11.5. The van der Waals surface area contributed by atoms with Crippen molar-refractivity contribution in [3.63, 3.8) is 0 Å². The van der Waals surface area contributed by atoms with Gasteiger partial charge in [0.2, 0.25) is 5.91 Å². The number of rotatable bonds is 7. The molecule has 9 nitrogen and oxygen atoms in total. The lowest BCUT2D eigenvalue weighted by molar-refractivity contribution is -0.116. The largest absolute Gasteiger partial charge is 0.497 e. The number of fused-ring (bicyclic) bond motifs is 1. The summed E-state index contributed by atoms with van der Waals surface area (Å²) in [5, 5.41) is 16.0. The van der Waals surface area contributed by atoms with E-state index >= 15 is 0 Å². The highest BCUT2D eigenvalue weighted by Gasteiger charge is 2.34. The number of aromatic nitrogens is 5. The fourth-order valence-corrected chi connectivity index (χ4v) is 4.35. The number of carbonyl (C=O) groups excluding carboxylic acids is 1. The number of para-hydroxylation sites is 1. The van der Waals surface area contributed by atoms with Gasteiger partial charge in [0.25, 0.3) is 5.95 Å². The topological polar surface area (TPSA) is 104 Å². The van der Waals surface area contributed by atoms with Gasteiger partial charge in [-0.2, -0.15) is 14.9 Å². The van der Waals surface area contributed by atoms with Crippen LogP contribution in [-0.2, 0) is 4.79 Å². The second-order valence-corrected chi connectivity index (χ2v) is 8.32. The third kappa shape index (κ3) is 4.32. The second kappa shape index (κ2) is 9.54. The molecule has 0 aliphatic carbocycles. The Balaban J connectivity index is 1.57. The zero-order chi connectivity index (χ0) is 24.4. The Bertz CT molecular complexity index is 1370. The van der Waals surface area contributed by atoms with Crippen molar-refractivity contribution >= 4 is 11.7 Å². The molecular formula is C26H26N6O3. The molecule has 1 atom stereocenters. The van der Waals surface area contributed by atoms with Crippen molar-refractivity contribution in [1.82, 2.24) is 25.0 Å². The molecule has 1 aliphatic heterocycles. The molecule has 178 valence electrons. The van der Waals surface area contributed by atoms with Gasteiger partial charge in [-0.3, -0.25) is 4.79 Å². The quantitative estimate of drug-likeness (QED) is 0.429. The zero-order valence-electron chi connectivity index (χ0n) is 19.9. The fourth-order valence-electron chi connectivity index (χ4n) is 4.35. The molecule has 0 saturated heterocycles. The van der Waals surface area contributed by atoms with E-state index in [0.29, 0.717) is 24.5 Å². The van der Waals surface area contributed by atoms with Gasteiger partial charge in [0.05, 0.1) is 31.3 Å². The number of nitrogens with one attached hydrogen (secondary N) is 1. The maximum atomic E-state index is 12.8. The van der Waals surface area contributed by atoms with Crippen LogP contribution >= 0.6 is 0 Å². The van der Waals surface area contributed by atoms with Crippen LogP contribution in [0.4, 0.5) is 5.82 Å². The molecule has 0 fully saturated rings. The van der Waals surface area contributed by atoms with Crippen LogP contribution in [0.25, 0.3) is 17.2 Å². The molecule has 4 aromatic rings. The molecular weight excluding hydrogens is 444 g/mol.